The second kappa shape index (κ2) is 12.9. The smallest absolute Gasteiger partial charge is 0.0714 e. The lowest BCUT2D eigenvalue weighted by Crippen LogP contribution is -2.33. The molecule has 0 N–H and O–H groups in total. The highest BCUT2D eigenvalue weighted by Gasteiger charge is 2.46. The van der Waals surface area contributed by atoms with Crippen LogP contribution in [0, 0.1) is 0 Å². The number of hydrogen-bond acceptors (Lipinski definition) is 0. The van der Waals surface area contributed by atoms with Crippen LogP contribution in [0.5, 0.6) is 0 Å². The lowest BCUT2D eigenvalue weighted by atomic mass is 9.63. The van der Waals surface area contributed by atoms with E-state index in [4.69, 9.17) is 0 Å². The zero-order chi connectivity index (χ0) is 42.2. The summed E-state index contributed by atoms with van der Waals surface area (Å²) in [6.07, 6.45) is 2.36. The number of aromatic nitrogens is 2. The van der Waals surface area contributed by atoms with Crippen LogP contribution in [0.25, 0.3) is 76.9 Å². The Morgan fingerprint density at radius 2 is 0.873 bits per heavy atom. The Kier molecular flexibility index (Phi) is 7.49. The third-order valence-corrected chi connectivity index (χ3v) is 15.2. The average molecular weight is 809 g/mol. The maximum Gasteiger partial charge on any atom is 0.0714 e. The average Bonchev–Trinajstić information content (AvgIpc) is 3.93. The maximum absolute atomic E-state index is 2.57. The van der Waals surface area contributed by atoms with E-state index >= 15 is 0 Å². The molecular formula is C61H48N2. The number of rotatable bonds is 4. The van der Waals surface area contributed by atoms with Gasteiger partial charge in [0.1, 0.15) is 0 Å². The van der Waals surface area contributed by atoms with Crippen molar-refractivity contribution in [3.05, 3.63) is 228 Å². The first-order valence-corrected chi connectivity index (χ1v) is 22.6. The van der Waals surface area contributed by atoms with E-state index in [9.17, 15) is 0 Å². The molecule has 0 bridgehead atoms. The van der Waals surface area contributed by atoms with Gasteiger partial charge in [0.05, 0.1) is 27.5 Å². The summed E-state index contributed by atoms with van der Waals surface area (Å²) in [6, 6.07) is 73.4. The minimum atomic E-state index is -0.494. The van der Waals surface area contributed by atoms with Gasteiger partial charge in [-0.1, -0.05) is 167 Å². The molecule has 2 heterocycles. The highest BCUT2D eigenvalue weighted by molar-refractivity contribution is 6.25. The molecule has 0 saturated heterocycles. The normalized spacial score (nSPS) is 15.9. The Bertz CT molecular complexity index is 3630. The zero-order valence-electron chi connectivity index (χ0n) is 36.3. The van der Waals surface area contributed by atoms with Crippen molar-refractivity contribution < 1.29 is 0 Å². The third kappa shape index (κ3) is 4.95. The summed E-state index contributed by atoms with van der Waals surface area (Å²) in [6.45, 7) is 9.77. The van der Waals surface area contributed by atoms with Crippen molar-refractivity contribution in [2.45, 2.75) is 56.8 Å². The minimum Gasteiger partial charge on any atom is -0.309 e. The molecule has 0 spiro atoms. The first-order valence-electron chi connectivity index (χ1n) is 22.6. The van der Waals surface area contributed by atoms with Crippen molar-refractivity contribution in [1.82, 2.24) is 9.13 Å². The van der Waals surface area contributed by atoms with Gasteiger partial charge in [-0.25, -0.2) is 0 Å². The fraction of sp³-hybridized carbons (Fsp3) is 0.148. The van der Waals surface area contributed by atoms with Crippen molar-refractivity contribution in [1.29, 1.82) is 0 Å². The molecule has 2 nitrogen and oxygen atoms in total. The molecule has 2 aliphatic carbocycles. The van der Waals surface area contributed by atoms with Gasteiger partial charge < -0.3 is 9.13 Å². The van der Waals surface area contributed by atoms with Crippen molar-refractivity contribution in [3.63, 3.8) is 0 Å². The van der Waals surface area contributed by atoms with Gasteiger partial charge in [0.15, 0.2) is 0 Å². The van der Waals surface area contributed by atoms with Crippen LogP contribution in [-0.2, 0) is 16.2 Å². The molecule has 2 heteroatoms. The molecule has 0 radical (unpaired) electrons. The van der Waals surface area contributed by atoms with Gasteiger partial charge in [0.25, 0.3) is 0 Å². The second-order valence-electron chi connectivity index (χ2n) is 19.5. The van der Waals surface area contributed by atoms with Crippen LogP contribution >= 0.6 is 0 Å². The van der Waals surface area contributed by atoms with E-state index in [1.807, 2.05) is 0 Å². The van der Waals surface area contributed by atoms with E-state index in [1.54, 1.807) is 0 Å². The third-order valence-electron chi connectivity index (χ3n) is 15.2. The van der Waals surface area contributed by atoms with Crippen molar-refractivity contribution in [3.8, 4) is 22.5 Å². The van der Waals surface area contributed by atoms with Crippen LogP contribution in [0.4, 0.5) is 0 Å². The lowest BCUT2D eigenvalue weighted by Gasteiger charge is -2.42. The Balaban J connectivity index is 1.16. The number of benzene rings is 9. The standard InChI is InChI=1S/C61H48N2/c1-59(2)32-33-60(3,4)53-38-57-47(35-52(53)59)48-36-56-49(37-55(48)62(57)42-22-9-6-10-23-42)58-44-25-12-11-18-39(44)30-31-54(58)63(56)43-24-17-21-41(34-43)61(40-19-7-5-8-20-40)50-28-15-13-26-45(50)46-27-14-16-29-51(46)61/h5-31,34-38H,32-33H2,1-4H3. The number of hydrogen-bond donors (Lipinski definition) is 0. The zero-order valence-corrected chi connectivity index (χ0v) is 36.3. The molecule has 0 fully saturated rings. The molecule has 0 unspecified atom stereocenters. The Morgan fingerprint density at radius 1 is 0.349 bits per heavy atom. The molecule has 2 aromatic heterocycles. The summed E-state index contributed by atoms with van der Waals surface area (Å²) in [5.41, 5.74) is 17.7. The molecular weight excluding hydrogens is 761 g/mol. The molecule has 2 aliphatic rings. The summed E-state index contributed by atoms with van der Waals surface area (Å²) in [4.78, 5) is 0. The molecule has 0 atom stereocenters. The summed E-state index contributed by atoms with van der Waals surface area (Å²) < 4.78 is 5.10. The Labute approximate surface area is 368 Å². The molecule has 0 amide bonds. The Morgan fingerprint density at radius 3 is 1.60 bits per heavy atom. The monoisotopic (exact) mass is 808 g/mol. The van der Waals surface area contributed by atoms with E-state index in [2.05, 4.69) is 231 Å². The second-order valence-corrected chi connectivity index (χ2v) is 19.5. The molecule has 63 heavy (non-hydrogen) atoms. The van der Waals surface area contributed by atoms with E-state index in [-0.39, 0.29) is 10.8 Å². The SMILES string of the molecule is CC1(C)CCC(C)(C)c2cc3c(cc21)c1cc2c(cc1n3-c1ccccc1)c1c3ccccc3ccc1n2-c1cccc(C2(c3ccccc3)c3ccccc3-c3ccccc32)c1. The summed E-state index contributed by atoms with van der Waals surface area (Å²) in [5, 5.41) is 7.68. The maximum atomic E-state index is 2.57. The largest absolute Gasteiger partial charge is 0.309 e. The van der Waals surface area contributed by atoms with Crippen LogP contribution in [-0.4, -0.2) is 9.13 Å². The van der Waals surface area contributed by atoms with Gasteiger partial charge in [-0.3, -0.25) is 0 Å². The van der Waals surface area contributed by atoms with Crippen molar-refractivity contribution in [2.24, 2.45) is 0 Å². The Hall–Kier alpha value is -7.16. The number of fused-ring (bicyclic) bond motifs is 12. The minimum absolute atomic E-state index is 0.0881. The lowest BCUT2D eigenvalue weighted by molar-refractivity contribution is 0.332. The van der Waals surface area contributed by atoms with Crippen LogP contribution in [0.2, 0.25) is 0 Å². The van der Waals surface area contributed by atoms with Crippen LogP contribution in [0.3, 0.4) is 0 Å². The summed E-state index contributed by atoms with van der Waals surface area (Å²) in [7, 11) is 0. The van der Waals surface area contributed by atoms with Crippen molar-refractivity contribution >= 4 is 54.4 Å². The molecule has 13 rings (SSSR count). The van der Waals surface area contributed by atoms with E-state index in [0.29, 0.717) is 0 Å². The van der Waals surface area contributed by atoms with E-state index in [1.165, 1.54) is 117 Å². The van der Waals surface area contributed by atoms with E-state index in [0.717, 1.165) is 5.69 Å². The van der Waals surface area contributed by atoms with Crippen LogP contribution in [0.1, 0.15) is 73.9 Å². The topological polar surface area (TPSA) is 9.86 Å². The first kappa shape index (κ1) is 36.5. The predicted molar refractivity (Wildman–Crippen MR) is 265 cm³/mol. The van der Waals surface area contributed by atoms with Gasteiger partial charge in [-0.05, 0) is 134 Å². The molecule has 9 aromatic carbocycles. The predicted octanol–water partition coefficient (Wildman–Crippen LogP) is 15.7. The number of para-hydroxylation sites is 1. The quantitative estimate of drug-likeness (QED) is 0.168. The van der Waals surface area contributed by atoms with Crippen LogP contribution in [0.15, 0.2) is 194 Å². The molecule has 0 saturated carbocycles. The van der Waals surface area contributed by atoms with E-state index < -0.39 is 5.41 Å². The van der Waals surface area contributed by atoms with Gasteiger partial charge in [-0.15, -0.1) is 0 Å². The molecule has 0 aliphatic heterocycles. The molecule has 302 valence electrons. The summed E-state index contributed by atoms with van der Waals surface area (Å²) >= 11 is 0. The van der Waals surface area contributed by atoms with Crippen molar-refractivity contribution in [2.75, 3.05) is 0 Å². The highest BCUT2D eigenvalue weighted by atomic mass is 15.0. The molecule has 11 aromatic rings. The van der Waals surface area contributed by atoms with Gasteiger partial charge in [0, 0.05) is 32.9 Å². The van der Waals surface area contributed by atoms with Gasteiger partial charge >= 0.3 is 0 Å². The first-order chi connectivity index (χ1) is 30.7. The highest BCUT2D eigenvalue weighted by Crippen LogP contribution is 2.56. The van der Waals surface area contributed by atoms with Gasteiger partial charge in [-0.2, -0.15) is 0 Å². The summed E-state index contributed by atoms with van der Waals surface area (Å²) in [5.74, 6) is 0. The fourth-order valence-electron chi connectivity index (χ4n) is 12.1. The number of nitrogens with zero attached hydrogens (tertiary/aromatic N) is 2. The fourth-order valence-corrected chi connectivity index (χ4v) is 12.1. The van der Waals surface area contributed by atoms with Gasteiger partial charge in [0.2, 0.25) is 0 Å². The van der Waals surface area contributed by atoms with Crippen LogP contribution < -0.4 is 0 Å².